The summed E-state index contributed by atoms with van der Waals surface area (Å²) in [6.07, 6.45) is 6.88. The minimum absolute atomic E-state index is 0.0767. The summed E-state index contributed by atoms with van der Waals surface area (Å²) in [5.41, 5.74) is 0.874. The quantitative estimate of drug-likeness (QED) is 0.806. The van der Waals surface area contributed by atoms with E-state index in [0.29, 0.717) is 12.0 Å². The maximum atomic E-state index is 12.4. The van der Waals surface area contributed by atoms with Crippen molar-refractivity contribution in [2.75, 3.05) is 18.4 Å². The van der Waals surface area contributed by atoms with Gasteiger partial charge in [0.05, 0.1) is 0 Å². The van der Waals surface area contributed by atoms with E-state index in [1.807, 2.05) is 30.3 Å². The van der Waals surface area contributed by atoms with Crippen molar-refractivity contribution in [1.29, 1.82) is 0 Å². The summed E-state index contributed by atoms with van der Waals surface area (Å²) < 4.78 is 0. The molecule has 0 unspecified atom stereocenters. The largest absolute Gasteiger partial charge is 0.360 e. The fraction of sp³-hybridized carbons (Fsp3) is 0.600. The topological polar surface area (TPSA) is 44.4 Å². The molecule has 1 saturated heterocycles. The van der Waals surface area contributed by atoms with E-state index in [9.17, 15) is 4.79 Å². The Kier molecular flexibility index (Phi) is 6.29. The Balaban J connectivity index is 1.44. The van der Waals surface area contributed by atoms with Gasteiger partial charge in [0.2, 0.25) is 5.91 Å². The van der Waals surface area contributed by atoms with Crippen molar-refractivity contribution < 1.29 is 4.79 Å². The van der Waals surface area contributed by atoms with Crippen molar-refractivity contribution in [1.82, 2.24) is 10.2 Å². The summed E-state index contributed by atoms with van der Waals surface area (Å²) in [6, 6.07) is 10.2. The van der Waals surface area contributed by atoms with Crippen LogP contribution in [0.25, 0.3) is 0 Å². The van der Waals surface area contributed by atoms with Crippen LogP contribution in [-0.4, -0.2) is 35.1 Å². The molecule has 25 heavy (non-hydrogen) atoms. The summed E-state index contributed by atoms with van der Waals surface area (Å²) in [7, 11) is 0. The molecule has 0 aromatic heterocycles. The van der Waals surface area contributed by atoms with Crippen LogP contribution in [0.4, 0.5) is 5.69 Å². The number of likely N-dealkylation sites (tertiary alicyclic amines) is 1. The third kappa shape index (κ3) is 4.94. The number of nitrogens with zero attached hydrogens (tertiary/aromatic N) is 1. The van der Waals surface area contributed by atoms with E-state index >= 15 is 0 Å². The third-order valence-corrected chi connectivity index (χ3v) is 5.99. The number of nitrogens with one attached hydrogen (secondary N) is 2. The molecule has 0 bridgehead atoms. The molecule has 5 heteroatoms. The smallest absolute Gasteiger partial charge is 0.227 e. The molecule has 2 N–H and O–H groups in total. The number of benzene rings is 1. The van der Waals surface area contributed by atoms with Gasteiger partial charge in [0.25, 0.3) is 0 Å². The Morgan fingerprint density at radius 2 is 1.76 bits per heavy atom. The predicted octanol–water partition coefficient (Wildman–Crippen LogP) is 3.79. The molecule has 1 aliphatic heterocycles. The number of amides is 1. The van der Waals surface area contributed by atoms with Crippen molar-refractivity contribution >= 4 is 28.9 Å². The van der Waals surface area contributed by atoms with Gasteiger partial charge in [0, 0.05) is 30.7 Å². The first-order valence-electron chi connectivity index (χ1n) is 9.55. The lowest BCUT2D eigenvalue weighted by molar-refractivity contribution is -0.121. The highest BCUT2D eigenvalue weighted by Crippen LogP contribution is 2.25. The molecule has 1 aliphatic carbocycles. The zero-order valence-corrected chi connectivity index (χ0v) is 15.9. The first-order chi connectivity index (χ1) is 12.1. The number of thiocarbonyl (C=S) groups is 1. The van der Waals surface area contributed by atoms with Crippen molar-refractivity contribution in [3.8, 4) is 0 Å². The summed E-state index contributed by atoms with van der Waals surface area (Å²) >= 11 is 5.63. The zero-order valence-electron chi connectivity index (χ0n) is 15.0. The highest BCUT2D eigenvalue weighted by molar-refractivity contribution is 7.80. The predicted molar refractivity (Wildman–Crippen MR) is 107 cm³/mol. The van der Waals surface area contributed by atoms with Crippen molar-refractivity contribution in [2.45, 2.75) is 51.5 Å². The SMILES string of the molecule is C[C@H]1CCCC[C@H]1NC(=S)N1CCC(C(=O)Nc2ccccc2)CC1. The highest BCUT2D eigenvalue weighted by Gasteiger charge is 2.28. The van der Waals surface area contributed by atoms with Gasteiger partial charge in [0.1, 0.15) is 0 Å². The zero-order chi connectivity index (χ0) is 17.6. The number of piperidine rings is 1. The van der Waals surface area contributed by atoms with E-state index < -0.39 is 0 Å². The van der Waals surface area contributed by atoms with E-state index in [1.165, 1.54) is 25.7 Å². The Bertz CT molecular complexity index is 584. The number of para-hydroxylation sites is 1. The maximum Gasteiger partial charge on any atom is 0.227 e. The molecule has 0 spiro atoms. The lowest BCUT2D eigenvalue weighted by atomic mass is 9.86. The van der Waals surface area contributed by atoms with Crippen LogP contribution in [0.3, 0.4) is 0 Å². The molecule has 3 rings (SSSR count). The fourth-order valence-electron chi connectivity index (χ4n) is 3.89. The Morgan fingerprint density at radius 3 is 2.44 bits per heavy atom. The monoisotopic (exact) mass is 359 g/mol. The van der Waals surface area contributed by atoms with E-state index in [4.69, 9.17) is 12.2 Å². The lowest BCUT2D eigenvalue weighted by Crippen LogP contribution is -2.50. The average molecular weight is 360 g/mol. The number of hydrogen-bond acceptors (Lipinski definition) is 2. The van der Waals surface area contributed by atoms with Gasteiger partial charge in [-0.2, -0.15) is 0 Å². The van der Waals surface area contributed by atoms with Gasteiger partial charge in [-0.15, -0.1) is 0 Å². The molecule has 1 saturated carbocycles. The summed E-state index contributed by atoms with van der Waals surface area (Å²) in [5, 5.41) is 7.48. The maximum absolute atomic E-state index is 12.4. The molecule has 0 radical (unpaired) electrons. The highest BCUT2D eigenvalue weighted by atomic mass is 32.1. The minimum Gasteiger partial charge on any atom is -0.360 e. The summed E-state index contributed by atoms with van der Waals surface area (Å²) in [6.45, 7) is 4.04. The number of hydrogen-bond donors (Lipinski definition) is 2. The second-order valence-corrected chi connectivity index (χ2v) is 7.82. The van der Waals surface area contributed by atoms with Crippen LogP contribution in [-0.2, 0) is 4.79 Å². The number of carbonyl (C=O) groups excluding carboxylic acids is 1. The van der Waals surface area contributed by atoms with Gasteiger partial charge < -0.3 is 15.5 Å². The molecule has 1 aromatic carbocycles. The molecular weight excluding hydrogens is 330 g/mol. The van der Waals surface area contributed by atoms with E-state index in [-0.39, 0.29) is 11.8 Å². The van der Waals surface area contributed by atoms with Gasteiger partial charge in [0.15, 0.2) is 5.11 Å². The fourth-order valence-corrected chi connectivity index (χ4v) is 4.23. The van der Waals surface area contributed by atoms with Gasteiger partial charge in [-0.3, -0.25) is 4.79 Å². The molecule has 1 amide bonds. The third-order valence-electron chi connectivity index (χ3n) is 5.61. The van der Waals surface area contributed by atoms with Crippen molar-refractivity contribution in [3.63, 3.8) is 0 Å². The van der Waals surface area contributed by atoms with Crippen LogP contribution in [0.1, 0.15) is 45.4 Å². The van der Waals surface area contributed by atoms with E-state index in [1.54, 1.807) is 0 Å². The minimum atomic E-state index is 0.0767. The number of anilines is 1. The van der Waals surface area contributed by atoms with Gasteiger partial charge in [-0.1, -0.05) is 38.0 Å². The molecular formula is C20H29N3OS. The Morgan fingerprint density at radius 1 is 1.08 bits per heavy atom. The number of carbonyl (C=O) groups is 1. The second-order valence-electron chi connectivity index (χ2n) is 7.43. The van der Waals surface area contributed by atoms with Crippen LogP contribution < -0.4 is 10.6 Å². The average Bonchev–Trinajstić information content (AvgIpc) is 2.64. The summed E-state index contributed by atoms with van der Waals surface area (Å²) in [5.74, 6) is 0.902. The lowest BCUT2D eigenvalue weighted by Gasteiger charge is -2.37. The van der Waals surface area contributed by atoms with Crippen LogP contribution in [0.5, 0.6) is 0 Å². The van der Waals surface area contributed by atoms with Crippen molar-refractivity contribution in [2.24, 2.45) is 11.8 Å². The summed E-state index contributed by atoms with van der Waals surface area (Å²) in [4.78, 5) is 14.7. The Hall–Kier alpha value is -1.62. The number of rotatable bonds is 3. The first kappa shape index (κ1) is 18.2. The normalized spacial score (nSPS) is 24.6. The van der Waals surface area contributed by atoms with Crippen molar-refractivity contribution in [3.05, 3.63) is 30.3 Å². The van der Waals surface area contributed by atoms with Gasteiger partial charge in [-0.25, -0.2) is 0 Å². The molecule has 1 aromatic rings. The van der Waals surface area contributed by atoms with Crippen LogP contribution in [0.15, 0.2) is 30.3 Å². The van der Waals surface area contributed by atoms with Crippen LogP contribution >= 0.6 is 12.2 Å². The molecule has 1 heterocycles. The molecule has 2 atom stereocenters. The first-order valence-corrected chi connectivity index (χ1v) is 9.95. The molecule has 2 aliphatic rings. The molecule has 2 fully saturated rings. The van der Waals surface area contributed by atoms with Gasteiger partial charge in [-0.05, 0) is 56.0 Å². The molecule has 136 valence electrons. The molecule has 4 nitrogen and oxygen atoms in total. The Labute approximate surface area is 156 Å². The van der Waals surface area contributed by atoms with Crippen LogP contribution in [0, 0.1) is 11.8 Å². The standard InChI is InChI=1S/C20H29N3OS/c1-15-7-5-6-10-18(15)22-20(25)23-13-11-16(12-14-23)19(24)21-17-8-3-2-4-9-17/h2-4,8-9,15-16,18H,5-7,10-14H2,1H3,(H,21,24)(H,22,25)/t15-,18+/m0/s1. The second kappa shape index (κ2) is 8.65. The van der Waals surface area contributed by atoms with Gasteiger partial charge >= 0.3 is 0 Å². The van der Waals surface area contributed by atoms with Crippen LogP contribution in [0.2, 0.25) is 0 Å². The van der Waals surface area contributed by atoms with E-state index in [2.05, 4.69) is 22.5 Å². The van der Waals surface area contributed by atoms with E-state index in [0.717, 1.165) is 36.7 Å².